The van der Waals surface area contributed by atoms with Gasteiger partial charge in [0.25, 0.3) is 5.89 Å². The lowest BCUT2D eigenvalue weighted by atomic mass is 10.1. The van der Waals surface area contributed by atoms with Crippen molar-refractivity contribution < 1.29 is 4.52 Å². The van der Waals surface area contributed by atoms with Crippen LogP contribution in [0.5, 0.6) is 0 Å². The molecule has 110 valence electrons. The summed E-state index contributed by atoms with van der Waals surface area (Å²) in [5, 5.41) is 7.48. The van der Waals surface area contributed by atoms with E-state index in [2.05, 4.69) is 38.6 Å². The molecule has 1 saturated heterocycles. The third-order valence-electron chi connectivity index (χ3n) is 4.39. The van der Waals surface area contributed by atoms with Crippen molar-refractivity contribution in [1.29, 1.82) is 0 Å². The van der Waals surface area contributed by atoms with Crippen molar-refractivity contribution in [3.63, 3.8) is 0 Å². The average Bonchev–Trinajstić information content (AvgIpc) is 3.16. The van der Waals surface area contributed by atoms with E-state index in [4.69, 9.17) is 4.52 Å². The smallest absolute Gasteiger partial charge is 0.257 e. The molecule has 0 unspecified atom stereocenters. The van der Waals surface area contributed by atoms with E-state index in [9.17, 15) is 0 Å². The monoisotopic (exact) mass is 284 g/mol. The summed E-state index contributed by atoms with van der Waals surface area (Å²) < 4.78 is 5.45. The molecule has 4 rings (SSSR count). The first kappa shape index (κ1) is 13.0. The number of fused-ring (bicyclic) bond motifs is 1. The molecule has 0 bridgehead atoms. The summed E-state index contributed by atoms with van der Waals surface area (Å²) in [7, 11) is 0. The molecule has 2 heterocycles. The topological polar surface area (TPSA) is 54.2 Å². The lowest BCUT2D eigenvalue weighted by molar-refractivity contribution is 0.225. The molecule has 0 spiro atoms. The van der Waals surface area contributed by atoms with Gasteiger partial charge in [-0.05, 0) is 42.5 Å². The fourth-order valence-electron chi connectivity index (χ4n) is 3.21. The zero-order valence-electron chi connectivity index (χ0n) is 12.1. The maximum Gasteiger partial charge on any atom is 0.257 e. The van der Waals surface area contributed by atoms with Crippen molar-refractivity contribution >= 4 is 0 Å². The van der Waals surface area contributed by atoms with Gasteiger partial charge in [0.1, 0.15) is 0 Å². The van der Waals surface area contributed by atoms with Crippen molar-refractivity contribution in [3.8, 4) is 11.5 Å². The van der Waals surface area contributed by atoms with Gasteiger partial charge in [-0.15, -0.1) is 0 Å². The highest BCUT2D eigenvalue weighted by Gasteiger charge is 2.17. The maximum atomic E-state index is 5.45. The highest BCUT2D eigenvalue weighted by atomic mass is 16.5. The molecule has 1 N–H and O–H groups in total. The van der Waals surface area contributed by atoms with Crippen LogP contribution in [0.3, 0.4) is 0 Å². The number of nitrogens with one attached hydrogen (secondary N) is 1. The number of piperazine rings is 1. The SMILES string of the molecule is c1cc2c(cc1-c1nc(CN3CCNCC3)no1)CCC2. The van der Waals surface area contributed by atoms with Crippen LogP contribution in [0, 0.1) is 0 Å². The van der Waals surface area contributed by atoms with Crippen LogP contribution < -0.4 is 5.32 Å². The van der Waals surface area contributed by atoms with Gasteiger partial charge in [-0.2, -0.15) is 4.98 Å². The first-order valence-corrected chi connectivity index (χ1v) is 7.76. The third-order valence-corrected chi connectivity index (χ3v) is 4.39. The summed E-state index contributed by atoms with van der Waals surface area (Å²) in [4.78, 5) is 6.92. The van der Waals surface area contributed by atoms with Crippen LogP contribution >= 0.6 is 0 Å². The molecule has 0 atom stereocenters. The van der Waals surface area contributed by atoms with Crippen molar-refractivity contribution in [1.82, 2.24) is 20.4 Å². The van der Waals surface area contributed by atoms with E-state index in [1.807, 2.05) is 0 Å². The van der Waals surface area contributed by atoms with Gasteiger partial charge in [-0.1, -0.05) is 11.2 Å². The number of aromatic nitrogens is 2. The highest BCUT2D eigenvalue weighted by molar-refractivity contribution is 5.56. The second-order valence-electron chi connectivity index (χ2n) is 5.88. The van der Waals surface area contributed by atoms with Crippen LogP contribution in [-0.2, 0) is 19.4 Å². The van der Waals surface area contributed by atoms with E-state index in [0.717, 1.165) is 44.1 Å². The van der Waals surface area contributed by atoms with Crippen LogP contribution in [0.15, 0.2) is 22.7 Å². The predicted octanol–water partition coefficient (Wildman–Crippen LogP) is 1.63. The molecule has 2 aliphatic rings. The van der Waals surface area contributed by atoms with Crippen LogP contribution in [0.2, 0.25) is 0 Å². The van der Waals surface area contributed by atoms with E-state index in [1.165, 1.54) is 30.4 Å². The Morgan fingerprint density at radius 1 is 1.14 bits per heavy atom. The van der Waals surface area contributed by atoms with Gasteiger partial charge in [0.05, 0.1) is 6.54 Å². The molecule has 1 aromatic heterocycles. The summed E-state index contributed by atoms with van der Waals surface area (Å²) >= 11 is 0. The minimum Gasteiger partial charge on any atom is -0.334 e. The molecule has 1 fully saturated rings. The lowest BCUT2D eigenvalue weighted by Crippen LogP contribution is -2.43. The molecule has 0 radical (unpaired) electrons. The van der Waals surface area contributed by atoms with Gasteiger partial charge in [0.15, 0.2) is 5.82 Å². The molecule has 2 aromatic rings. The first-order chi connectivity index (χ1) is 10.4. The Morgan fingerprint density at radius 3 is 2.90 bits per heavy atom. The number of benzene rings is 1. The zero-order valence-corrected chi connectivity index (χ0v) is 12.1. The number of rotatable bonds is 3. The summed E-state index contributed by atoms with van der Waals surface area (Å²) in [6.45, 7) is 4.94. The summed E-state index contributed by atoms with van der Waals surface area (Å²) in [5.74, 6) is 1.43. The van der Waals surface area contributed by atoms with E-state index in [0.29, 0.717) is 5.89 Å². The fourth-order valence-corrected chi connectivity index (χ4v) is 3.21. The molecule has 0 saturated carbocycles. The highest BCUT2D eigenvalue weighted by Crippen LogP contribution is 2.27. The van der Waals surface area contributed by atoms with Crippen LogP contribution in [0.25, 0.3) is 11.5 Å². The standard InChI is InChI=1S/C16H20N4O/c1-2-12-4-5-14(10-13(12)3-1)16-18-15(19-21-16)11-20-8-6-17-7-9-20/h4-5,10,17H,1-3,6-9,11H2. The van der Waals surface area contributed by atoms with E-state index < -0.39 is 0 Å². The van der Waals surface area contributed by atoms with Gasteiger partial charge >= 0.3 is 0 Å². The predicted molar refractivity (Wildman–Crippen MR) is 79.9 cm³/mol. The second kappa shape index (κ2) is 5.58. The third kappa shape index (κ3) is 2.71. The largest absolute Gasteiger partial charge is 0.334 e. The molecule has 1 aliphatic carbocycles. The quantitative estimate of drug-likeness (QED) is 0.928. The van der Waals surface area contributed by atoms with Crippen molar-refractivity contribution in [2.75, 3.05) is 26.2 Å². The van der Waals surface area contributed by atoms with E-state index in [1.54, 1.807) is 0 Å². The Labute approximate surface area is 124 Å². The molecule has 5 heteroatoms. The van der Waals surface area contributed by atoms with Gasteiger partial charge in [-0.25, -0.2) is 0 Å². The van der Waals surface area contributed by atoms with E-state index >= 15 is 0 Å². The summed E-state index contributed by atoms with van der Waals surface area (Å²) in [6.07, 6.45) is 3.63. The number of hydrogen-bond donors (Lipinski definition) is 1. The number of nitrogens with zero attached hydrogens (tertiary/aromatic N) is 3. The Bertz CT molecular complexity index is 631. The fraction of sp³-hybridized carbons (Fsp3) is 0.500. The molecule has 1 aromatic carbocycles. The van der Waals surface area contributed by atoms with Crippen molar-refractivity contribution in [3.05, 3.63) is 35.2 Å². The zero-order chi connectivity index (χ0) is 14.1. The minimum atomic E-state index is 0.648. The average molecular weight is 284 g/mol. The van der Waals surface area contributed by atoms with Gasteiger partial charge < -0.3 is 9.84 Å². The van der Waals surface area contributed by atoms with Gasteiger partial charge in [-0.3, -0.25) is 4.90 Å². The lowest BCUT2D eigenvalue weighted by Gasteiger charge is -2.25. The summed E-state index contributed by atoms with van der Waals surface area (Å²) in [6, 6.07) is 6.52. The van der Waals surface area contributed by atoms with Gasteiger partial charge in [0, 0.05) is 31.7 Å². The number of aryl methyl sites for hydroxylation is 2. The second-order valence-corrected chi connectivity index (χ2v) is 5.88. The normalized spacial score (nSPS) is 18.9. The Hall–Kier alpha value is -1.72. The number of hydrogen-bond acceptors (Lipinski definition) is 5. The van der Waals surface area contributed by atoms with Crippen LogP contribution in [0.4, 0.5) is 0 Å². The minimum absolute atomic E-state index is 0.648. The Balaban J connectivity index is 1.51. The van der Waals surface area contributed by atoms with Crippen molar-refractivity contribution in [2.24, 2.45) is 0 Å². The molecular formula is C16H20N4O. The molecule has 1 aliphatic heterocycles. The van der Waals surface area contributed by atoms with Crippen molar-refractivity contribution in [2.45, 2.75) is 25.8 Å². The molecular weight excluding hydrogens is 264 g/mol. The molecule has 21 heavy (non-hydrogen) atoms. The van der Waals surface area contributed by atoms with Crippen LogP contribution in [0.1, 0.15) is 23.4 Å². The van der Waals surface area contributed by atoms with E-state index in [-0.39, 0.29) is 0 Å². The molecule has 0 amide bonds. The van der Waals surface area contributed by atoms with Crippen LogP contribution in [-0.4, -0.2) is 41.2 Å². The van der Waals surface area contributed by atoms with Gasteiger partial charge in [0.2, 0.25) is 0 Å². The Morgan fingerprint density at radius 2 is 2.00 bits per heavy atom. The maximum absolute atomic E-state index is 5.45. The summed E-state index contributed by atoms with van der Waals surface area (Å²) in [5.41, 5.74) is 3.96. The molecule has 5 nitrogen and oxygen atoms in total. The first-order valence-electron chi connectivity index (χ1n) is 7.76. The Kier molecular flexibility index (Phi) is 3.45.